The fraction of sp³-hybridized carbons (Fsp3) is 0.818. The Labute approximate surface area is 102 Å². The third-order valence-corrected chi connectivity index (χ3v) is 3.66. The molecule has 2 fully saturated rings. The summed E-state index contributed by atoms with van der Waals surface area (Å²) in [6, 6.07) is 0.555. The van der Waals surface area contributed by atoms with Crippen molar-refractivity contribution in [2.45, 2.75) is 38.1 Å². The molecule has 2 aliphatic rings. The number of carbonyl (C=O) groups excluding carboxylic acids is 1. The van der Waals surface area contributed by atoms with Gasteiger partial charge in [0, 0.05) is 32.1 Å². The van der Waals surface area contributed by atoms with Crippen LogP contribution in [-0.2, 0) is 4.79 Å². The number of rotatable bonds is 1. The fourth-order valence-corrected chi connectivity index (χ4v) is 2.66. The molecule has 0 aromatic carbocycles. The Morgan fingerprint density at radius 3 is 2.88 bits per heavy atom. The van der Waals surface area contributed by atoms with Gasteiger partial charge in [0.25, 0.3) is 0 Å². The van der Waals surface area contributed by atoms with Crippen LogP contribution in [0.5, 0.6) is 0 Å². The maximum Gasteiger partial charge on any atom is 0.221 e. The molecule has 1 aliphatic heterocycles. The van der Waals surface area contributed by atoms with Gasteiger partial charge in [-0.2, -0.15) is 0 Å². The summed E-state index contributed by atoms with van der Waals surface area (Å²) in [5, 5.41) is 7.09. The summed E-state index contributed by atoms with van der Waals surface area (Å²) in [6.45, 7) is 2.26. The molecule has 90 valence electrons. The highest BCUT2D eigenvalue weighted by Gasteiger charge is 2.20. The summed E-state index contributed by atoms with van der Waals surface area (Å²) in [7, 11) is 0. The van der Waals surface area contributed by atoms with Crippen LogP contribution in [-0.4, -0.2) is 41.6 Å². The summed E-state index contributed by atoms with van der Waals surface area (Å²) in [5.41, 5.74) is 0. The molecule has 1 saturated carbocycles. The number of hydrogen-bond acceptors (Lipinski definition) is 2. The summed E-state index contributed by atoms with van der Waals surface area (Å²) in [6.07, 6.45) is 5.61. The third-order valence-electron chi connectivity index (χ3n) is 3.28. The van der Waals surface area contributed by atoms with Crippen molar-refractivity contribution < 1.29 is 4.79 Å². The van der Waals surface area contributed by atoms with Crippen molar-refractivity contribution in [3.63, 3.8) is 0 Å². The van der Waals surface area contributed by atoms with Crippen LogP contribution in [0.15, 0.2) is 0 Å². The zero-order valence-corrected chi connectivity index (χ0v) is 10.3. The standard InChI is InChI=1S/C11H19N3OS/c15-10-5-7-14(8-6-12-10)11(16)13-9-3-1-2-4-9/h9H,1-8H2,(H,12,15)(H,13,16). The zero-order valence-electron chi connectivity index (χ0n) is 9.50. The van der Waals surface area contributed by atoms with Gasteiger partial charge < -0.3 is 15.5 Å². The van der Waals surface area contributed by atoms with Gasteiger partial charge in [-0.1, -0.05) is 12.8 Å². The second kappa shape index (κ2) is 5.48. The van der Waals surface area contributed by atoms with E-state index < -0.39 is 0 Å². The van der Waals surface area contributed by atoms with E-state index in [9.17, 15) is 4.79 Å². The summed E-state index contributed by atoms with van der Waals surface area (Å²) in [5.74, 6) is 0.131. The second-order valence-corrected chi connectivity index (χ2v) is 4.90. The fourth-order valence-electron chi connectivity index (χ4n) is 2.31. The first-order valence-electron chi connectivity index (χ1n) is 6.08. The van der Waals surface area contributed by atoms with Crippen molar-refractivity contribution >= 4 is 23.2 Å². The predicted molar refractivity (Wildman–Crippen MR) is 67.2 cm³/mol. The molecule has 0 unspecified atom stereocenters. The van der Waals surface area contributed by atoms with E-state index in [0.717, 1.165) is 18.2 Å². The van der Waals surface area contributed by atoms with Crippen molar-refractivity contribution in [2.24, 2.45) is 0 Å². The average Bonchev–Trinajstić information content (AvgIpc) is 2.66. The van der Waals surface area contributed by atoms with Crippen molar-refractivity contribution in [3.05, 3.63) is 0 Å². The molecule has 5 heteroatoms. The highest BCUT2D eigenvalue weighted by atomic mass is 32.1. The van der Waals surface area contributed by atoms with E-state index in [4.69, 9.17) is 12.2 Å². The Bertz CT molecular complexity index is 276. The van der Waals surface area contributed by atoms with Crippen molar-refractivity contribution in [1.82, 2.24) is 15.5 Å². The summed E-state index contributed by atoms with van der Waals surface area (Å²) >= 11 is 5.39. The zero-order chi connectivity index (χ0) is 11.4. The first kappa shape index (κ1) is 11.6. The molecule has 0 atom stereocenters. The first-order chi connectivity index (χ1) is 7.75. The van der Waals surface area contributed by atoms with E-state index in [1.807, 2.05) is 0 Å². The Hall–Kier alpha value is -0.840. The molecule has 2 N–H and O–H groups in total. The Morgan fingerprint density at radius 1 is 1.38 bits per heavy atom. The lowest BCUT2D eigenvalue weighted by atomic mass is 10.2. The van der Waals surface area contributed by atoms with Gasteiger partial charge in [0.2, 0.25) is 5.91 Å². The molecule has 0 spiro atoms. The third kappa shape index (κ3) is 3.07. The van der Waals surface area contributed by atoms with Gasteiger partial charge in [-0.3, -0.25) is 4.79 Å². The number of nitrogens with one attached hydrogen (secondary N) is 2. The van der Waals surface area contributed by atoms with Gasteiger partial charge >= 0.3 is 0 Å². The number of amides is 1. The lowest BCUT2D eigenvalue weighted by Gasteiger charge is -2.25. The normalized spacial score (nSPS) is 22.8. The Morgan fingerprint density at radius 2 is 2.12 bits per heavy atom. The Balaban J connectivity index is 1.81. The van der Waals surface area contributed by atoms with Gasteiger partial charge in [0.15, 0.2) is 5.11 Å². The molecule has 1 amide bonds. The summed E-state index contributed by atoms with van der Waals surface area (Å²) < 4.78 is 0. The van der Waals surface area contributed by atoms with Crippen molar-refractivity contribution in [1.29, 1.82) is 0 Å². The minimum Gasteiger partial charge on any atom is -0.360 e. The topological polar surface area (TPSA) is 44.4 Å². The molecule has 0 radical (unpaired) electrons. The maximum atomic E-state index is 11.2. The molecule has 4 nitrogen and oxygen atoms in total. The number of hydrogen-bond donors (Lipinski definition) is 2. The number of thiocarbonyl (C=S) groups is 1. The molecule has 1 saturated heterocycles. The van der Waals surface area contributed by atoms with E-state index in [1.54, 1.807) is 0 Å². The average molecular weight is 241 g/mol. The molecule has 1 heterocycles. The van der Waals surface area contributed by atoms with E-state index in [2.05, 4.69) is 15.5 Å². The van der Waals surface area contributed by atoms with Crippen LogP contribution in [0.4, 0.5) is 0 Å². The van der Waals surface area contributed by atoms with Gasteiger partial charge in [-0.25, -0.2) is 0 Å². The van der Waals surface area contributed by atoms with Crippen molar-refractivity contribution in [3.8, 4) is 0 Å². The van der Waals surface area contributed by atoms with Crippen LogP contribution in [0.2, 0.25) is 0 Å². The number of carbonyl (C=O) groups is 1. The number of nitrogens with zero attached hydrogens (tertiary/aromatic N) is 1. The molecule has 16 heavy (non-hydrogen) atoms. The minimum absolute atomic E-state index is 0.131. The van der Waals surface area contributed by atoms with E-state index in [0.29, 0.717) is 19.0 Å². The maximum absolute atomic E-state index is 11.2. The lowest BCUT2D eigenvalue weighted by Crippen LogP contribution is -2.45. The Kier molecular flexibility index (Phi) is 3.98. The minimum atomic E-state index is 0.131. The van der Waals surface area contributed by atoms with Crippen LogP contribution in [0.1, 0.15) is 32.1 Å². The quantitative estimate of drug-likeness (QED) is 0.661. The summed E-state index contributed by atoms with van der Waals surface area (Å²) in [4.78, 5) is 13.3. The molecular formula is C11H19N3OS. The van der Waals surface area contributed by atoms with Crippen LogP contribution >= 0.6 is 12.2 Å². The molecule has 1 aliphatic carbocycles. The van der Waals surface area contributed by atoms with Crippen LogP contribution in [0, 0.1) is 0 Å². The molecule has 0 aromatic rings. The SMILES string of the molecule is O=C1CCN(C(=S)NC2CCCC2)CCN1. The van der Waals surface area contributed by atoms with Gasteiger partial charge in [-0.05, 0) is 25.1 Å². The lowest BCUT2D eigenvalue weighted by molar-refractivity contribution is -0.120. The van der Waals surface area contributed by atoms with Gasteiger partial charge in [-0.15, -0.1) is 0 Å². The van der Waals surface area contributed by atoms with E-state index >= 15 is 0 Å². The van der Waals surface area contributed by atoms with Crippen LogP contribution < -0.4 is 10.6 Å². The largest absolute Gasteiger partial charge is 0.360 e. The highest BCUT2D eigenvalue weighted by Crippen LogP contribution is 2.17. The molecule has 0 bridgehead atoms. The highest BCUT2D eigenvalue weighted by molar-refractivity contribution is 7.80. The molecular weight excluding hydrogens is 222 g/mol. The van der Waals surface area contributed by atoms with E-state index in [-0.39, 0.29) is 5.91 Å². The monoisotopic (exact) mass is 241 g/mol. The van der Waals surface area contributed by atoms with Gasteiger partial charge in [0.1, 0.15) is 0 Å². The van der Waals surface area contributed by atoms with Crippen LogP contribution in [0.25, 0.3) is 0 Å². The van der Waals surface area contributed by atoms with Gasteiger partial charge in [0.05, 0.1) is 0 Å². The predicted octanol–water partition coefficient (Wildman–Crippen LogP) is 0.625. The first-order valence-corrected chi connectivity index (χ1v) is 6.48. The van der Waals surface area contributed by atoms with Crippen molar-refractivity contribution in [2.75, 3.05) is 19.6 Å². The second-order valence-electron chi connectivity index (χ2n) is 4.52. The van der Waals surface area contributed by atoms with Crippen LogP contribution in [0.3, 0.4) is 0 Å². The smallest absolute Gasteiger partial charge is 0.221 e. The molecule has 0 aromatic heterocycles. The van der Waals surface area contributed by atoms with E-state index in [1.165, 1.54) is 25.7 Å². The molecule has 2 rings (SSSR count).